The number of guanidine groups is 1. The highest BCUT2D eigenvalue weighted by molar-refractivity contribution is 14.0. The zero-order chi connectivity index (χ0) is 15.1. The van der Waals surface area contributed by atoms with Crippen LogP contribution in [0.3, 0.4) is 0 Å². The van der Waals surface area contributed by atoms with Crippen molar-refractivity contribution >= 4 is 41.5 Å². The van der Waals surface area contributed by atoms with Crippen LogP contribution in [0.4, 0.5) is 0 Å². The van der Waals surface area contributed by atoms with E-state index in [9.17, 15) is 0 Å². The van der Waals surface area contributed by atoms with Crippen LogP contribution in [0.25, 0.3) is 0 Å². The van der Waals surface area contributed by atoms with Crippen LogP contribution in [0.5, 0.6) is 0 Å². The molecule has 0 aliphatic heterocycles. The fourth-order valence-electron chi connectivity index (χ4n) is 2.05. The highest BCUT2D eigenvalue weighted by atomic mass is 127. The molecule has 118 valence electrons. The Balaban J connectivity index is 0.00000242. The molecule has 0 saturated carbocycles. The molecular weight excluding hydrogens is 409 g/mol. The second kappa shape index (κ2) is 9.69. The van der Waals surface area contributed by atoms with Gasteiger partial charge >= 0.3 is 0 Å². The van der Waals surface area contributed by atoms with E-state index < -0.39 is 0 Å². The summed E-state index contributed by atoms with van der Waals surface area (Å²) in [7, 11) is 1.76. The molecule has 22 heavy (non-hydrogen) atoms. The van der Waals surface area contributed by atoms with Crippen LogP contribution in [0.2, 0.25) is 5.02 Å². The molecule has 0 aliphatic carbocycles. The number of nitrogens with one attached hydrogen (secondary N) is 2. The summed E-state index contributed by atoms with van der Waals surface area (Å²) >= 11 is 6.15. The molecule has 0 bridgehead atoms. The maximum Gasteiger partial charge on any atom is 0.191 e. The van der Waals surface area contributed by atoms with Gasteiger partial charge < -0.3 is 10.6 Å². The van der Waals surface area contributed by atoms with Crippen LogP contribution in [0.15, 0.2) is 59.6 Å². The molecule has 2 N–H and O–H groups in total. The lowest BCUT2D eigenvalue weighted by Crippen LogP contribution is -2.38. The number of benzene rings is 2. The molecular formula is C17H21ClIN3. The van der Waals surface area contributed by atoms with Gasteiger partial charge in [-0.25, -0.2) is 0 Å². The fraction of sp³-hybridized carbons (Fsp3) is 0.235. The van der Waals surface area contributed by atoms with Gasteiger partial charge in [-0.15, -0.1) is 24.0 Å². The Labute approximate surface area is 154 Å². The van der Waals surface area contributed by atoms with E-state index in [1.807, 2.05) is 42.5 Å². The van der Waals surface area contributed by atoms with Crippen molar-refractivity contribution in [2.75, 3.05) is 7.05 Å². The molecule has 1 atom stereocenters. The van der Waals surface area contributed by atoms with Gasteiger partial charge in [0.25, 0.3) is 0 Å². The van der Waals surface area contributed by atoms with Gasteiger partial charge in [0.2, 0.25) is 0 Å². The Morgan fingerprint density at radius 1 is 1.09 bits per heavy atom. The van der Waals surface area contributed by atoms with Crippen molar-refractivity contribution in [2.45, 2.75) is 19.5 Å². The summed E-state index contributed by atoms with van der Waals surface area (Å²) in [6, 6.07) is 18.3. The lowest BCUT2D eigenvalue weighted by molar-refractivity contribution is 0.685. The summed E-state index contributed by atoms with van der Waals surface area (Å²) in [6.45, 7) is 2.75. The summed E-state index contributed by atoms with van der Waals surface area (Å²) in [5.74, 6) is 0.756. The van der Waals surface area contributed by atoms with Crippen molar-refractivity contribution in [2.24, 2.45) is 4.99 Å². The summed E-state index contributed by atoms with van der Waals surface area (Å²) in [5, 5.41) is 7.41. The third-order valence-corrected chi connectivity index (χ3v) is 3.65. The lowest BCUT2D eigenvalue weighted by Gasteiger charge is -2.18. The van der Waals surface area contributed by atoms with Gasteiger partial charge in [-0.05, 0) is 24.1 Å². The van der Waals surface area contributed by atoms with Gasteiger partial charge in [0.1, 0.15) is 0 Å². The number of nitrogens with zero attached hydrogens (tertiary/aromatic N) is 1. The second-order valence-electron chi connectivity index (χ2n) is 4.79. The first-order chi connectivity index (χ1) is 10.2. The minimum absolute atomic E-state index is 0. The molecule has 0 spiro atoms. The van der Waals surface area contributed by atoms with E-state index in [1.54, 1.807) is 7.05 Å². The Bertz CT molecular complexity index is 602. The molecule has 0 saturated heterocycles. The normalized spacial score (nSPS) is 12.2. The molecule has 5 heteroatoms. The SMILES string of the molecule is CN=C(NCc1ccccc1Cl)NC(C)c1ccccc1.I. The maximum absolute atomic E-state index is 6.15. The first-order valence-electron chi connectivity index (χ1n) is 6.96. The molecule has 0 aromatic heterocycles. The highest BCUT2D eigenvalue weighted by Gasteiger charge is 2.07. The summed E-state index contributed by atoms with van der Waals surface area (Å²) < 4.78 is 0. The van der Waals surface area contributed by atoms with Gasteiger partial charge in [-0.1, -0.05) is 60.1 Å². The molecule has 0 fully saturated rings. The predicted molar refractivity (Wildman–Crippen MR) is 105 cm³/mol. The molecule has 0 amide bonds. The summed E-state index contributed by atoms with van der Waals surface area (Å²) in [6.07, 6.45) is 0. The Hall–Kier alpha value is -1.27. The van der Waals surface area contributed by atoms with Gasteiger partial charge in [0.15, 0.2) is 5.96 Å². The van der Waals surface area contributed by atoms with E-state index in [0.717, 1.165) is 16.5 Å². The van der Waals surface area contributed by atoms with Crippen molar-refractivity contribution in [3.63, 3.8) is 0 Å². The van der Waals surface area contributed by atoms with Crippen molar-refractivity contribution in [1.82, 2.24) is 10.6 Å². The number of hydrogen-bond acceptors (Lipinski definition) is 1. The Morgan fingerprint density at radius 2 is 1.73 bits per heavy atom. The molecule has 1 unspecified atom stereocenters. The van der Waals surface area contributed by atoms with Crippen molar-refractivity contribution in [3.05, 3.63) is 70.7 Å². The molecule has 0 heterocycles. The first-order valence-corrected chi connectivity index (χ1v) is 7.34. The number of hydrogen-bond donors (Lipinski definition) is 2. The number of rotatable bonds is 4. The monoisotopic (exact) mass is 429 g/mol. The van der Waals surface area contributed by atoms with E-state index in [2.05, 4.69) is 34.7 Å². The van der Waals surface area contributed by atoms with Crippen molar-refractivity contribution in [3.8, 4) is 0 Å². The fourth-order valence-corrected chi connectivity index (χ4v) is 2.25. The average Bonchev–Trinajstić information content (AvgIpc) is 2.53. The molecule has 2 aromatic carbocycles. The number of aliphatic imine (C=N–C) groups is 1. The number of halogens is 2. The predicted octanol–water partition coefficient (Wildman–Crippen LogP) is 4.38. The maximum atomic E-state index is 6.15. The smallest absolute Gasteiger partial charge is 0.191 e. The van der Waals surface area contributed by atoms with Crippen LogP contribution >= 0.6 is 35.6 Å². The minimum Gasteiger partial charge on any atom is -0.352 e. The average molecular weight is 430 g/mol. The van der Waals surface area contributed by atoms with E-state index >= 15 is 0 Å². The van der Waals surface area contributed by atoms with Gasteiger partial charge in [-0.2, -0.15) is 0 Å². The van der Waals surface area contributed by atoms with Crippen LogP contribution in [-0.4, -0.2) is 13.0 Å². The largest absolute Gasteiger partial charge is 0.352 e. The Morgan fingerprint density at radius 3 is 2.36 bits per heavy atom. The highest BCUT2D eigenvalue weighted by Crippen LogP contribution is 2.14. The van der Waals surface area contributed by atoms with E-state index in [-0.39, 0.29) is 30.0 Å². The molecule has 0 radical (unpaired) electrons. The third-order valence-electron chi connectivity index (χ3n) is 3.28. The van der Waals surface area contributed by atoms with Crippen LogP contribution in [-0.2, 0) is 6.54 Å². The zero-order valence-corrected chi connectivity index (χ0v) is 15.8. The minimum atomic E-state index is 0. The van der Waals surface area contributed by atoms with Crippen molar-refractivity contribution < 1.29 is 0 Å². The van der Waals surface area contributed by atoms with E-state index in [4.69, 9.17) is 11.6 Å². The van der Waals surface area contributed by atoms with Crippen LogP contribution in [0, 0.1) is 0 Å². The van der Waals surface area contributed by atoms with Crippen LogP contribution in [0.1, 0.15) is 24.1 Å². The van der Waals surface area contributed by atoms with E-state index in [0.29, 0.717) is 6.54 Å². The molecule has 0 aliphatic rings. The summed E-state index contributed by atoms with van der Waals surface area (Å²) in [4.78, 5) is 4.25. The van der Waals surface area contributed by atoms with Crippen LogP contribution < -0.4 is 10.6 Å². The third kappa shape index (κ3) is 5.50. The molecule has 2 aromatic rings. The Kier molecular flexibility index (Phi) is 8.27. The second-order valence-corrected chi connectivity index (χ2v) is 5.20. The van der Waals surface area contributed by atoms with Gasteiger partial charge in [0, 0.05) is 18.6 Å². The van der Waals surface area contributed by atoms with Gasteiger partial charge in [-0.3, -0.25) is 4.99 Å². The lowest BCUT2D eigenvalue weighted by atomic mass is 10.1. The van der Waals surface area contributed by atoms with E-state index in [1.165, 1.54) is 5.56 Å². The molecule has 2 rings (SSSR count). The first kappa shape index (κ1) is 18.8. The molecule has 3 nitrogen and oxygen atoms in total. The topological polar surface area (TPSA) is 36.4 Å². The zero-order valence-electron chi connectivity index (χ0n) is 12.7. The quantitative estimate of drug-likeness (QED) is 0.430. The summed E-state index contributed by atoms with van der Waals surface area (Å²) in [5.41, 5.74) is 2.27. The standard InChI is InChI=1S/C17H20ClN3.HI/c1-13(14-8-4-3-5-9-14)21-17(19-2)20-12-15-10-6-7-11-16(15)18;/h3-11,13H,12H2,1-2H3,(H2,19,20,21);1H. The van der Waals surface area contributed by atoms with Gasteiger partial charge in [0.05, 0.1) is 6.04 Å². The van der Waals surface area contributed by atoms with Crippen molar-refractivity contribution in [1.29, 1.82) is 0 Å².